The molecule has 0 fully saturated rings. The van der Waals surface area contributed by atoms with Gasteiger partial charge in [-0.3, -0.25) is 4.79 Å². The zero-order valence-corrected chi connectivity index (χ0v) is 17.5. The van der Waals surface area contributed by atoms with Gasteiger partial charge in [-0.1, -0.05) is 30.3 Å². The Kier molecular flexibility index (Phi) is 6.48. The van der Waals surface area contributed by atoms with Crippen molar-refractivity contribution in [1.82, 2.24) is 0 Å². The van der Waals surface area contributed by atoms with E-state index in [9.17, 15) is 4.79 Å². The van der Waals surface area contributed by atoms with Crippen LogP contribution in [-0.4, -0.2) is 12.9 Å². The second-order valence-electron chi connectivity index (χ2n) is 5.95. The molecule has 0 aliphatic rings. The molecule has 1 heterocycles. The Balaban J connectivity index is 1.75. The van der Waals surface area contributed by atoms with E-state index in [0.29, 0.717) is 11.5 Å². The zero-order valence-electron chi connectivity index (χ0n) is 15.1. The molecule has 3 nitrogen and oxygen atoms in total. The van der Waals surface area contributed by atoms with E-state index in [4.69, 9.17) is 9.47 Å². The molecule has 0 amide bonds. The number of para-hydroxylation sites is 1. The molecular formula is C22H19BrO3S. The summed E-state index contributed by atoms with van der Waals surface area (Å²) >= 11 is 4.79. The molecule has 0 bridgehead atoms. The molecule has 0 radical (unpaired) electrons. The summed E-state index contributed by atoms with van der Waals surface area (Å²) in [5, 5.41) is 1.90. The lowest BCUT2D eigenvalue weighted by atomic mass is 10.1. The maximum absolute atomic E-state index is 12.2. The highest BCUT2D eigenvalue weighted by Crippen LogP contribution is 2.25. The third-order valence-electron chi connectivity index (χ3n) is 4.02. The lowest BCUT2D eigenvalue weighted by Crippen LogP contribution is -2.00. The summed E-state index contributed by atoms with van der Waals surface area (Å²) in [4.78, 5) is 12.9. The van der Waals surface area contributed by atoms with Crippen LogP contribution < -0.4 is 9.47 Å². The molecule has 0 spiro atoms. The summed E-state index contributed by atoms with van der Waals surface area (Å²) in [5.41, 5.74) is 2.93. The molecular weight excluding hydrogens is 424 g/mol. The van der Waals surface area contributed by atoms with Crippen molar-refractivity contribution in [2.24, 2.45) is 0 Å². The Morgan fingerprint density at radius 1 is 1.15 bits per heavy atom. The number of hydrogen-bond acceptors (Lipinski definition) is 4. The molecule has 3 rings (SSSR count). The molecule has 3 aromatic rings. The van der Waals surface area contributed by atoms with Gasteiger partial charge in [-0.05, 0) is 64.3 Å². The number of carbonyl (C=O) groups is 1. The summed E-state index contributed by atoms with van der Waals surface area (Å²) in [7, 11) is 1.64. The van der Waals surface area contributed by atoms with Gasteiger partial charge in [-0.2, -0.15) is 0 Å². The van der Waals surface area contributed by atoms with Gasteiger partial charge in [0, 0.05) is 15.4 Å². The minimum Gasteiger partial charge on any atom is -0.496 e. The van der Waals surface area contributed by atoms with E-state index in [2.05, 4.69) is 15.9 Å². The number of carbonyl (C=O) groups excluding carboxylic acids is 1. The van der Waals surface area contributed by atoms with Crippen LogP contribution in [0, 0.1) is 6.92 Å². The molecule has 0 atom stereocenters. The largest absolute Gasteiger partial charge is 0.496 e. The van der Waals surface area contributed by atoms with Crippen LogP contribution in [0.2, 0.25) is 0 Å². The molecule has 0 saturated carbocycles. The molecule has 138 valence electrons. The van der Waals surface area contributed by atoms with Crippen LogP contribution in [0.1, 0.15) is 26.4 Å². The van der Waals surface area contributed by atoms with Gasteiger partial charge < -0.3 is 9.47 Å². The Labute approximate surface area is 171 Å². The third kappa shape index (κ3) is 5.08. The smallest absolute Gasteiger partial charge is 0.195 e. The lowest BCUT2D eigenvalue weighted by Gasteiger charge is -2.12. The van der Waals surface area contributed by atoms with E-state index in [-0.39, 0.29) is 5.78 Å². The van der Waals surface area contributed by atoms with Gasteiger partial charge in [-0.15, -0.1) is 11.3 Å². The quantitative estimate of drug-likeness (QED) is 0.318. The molecule has 0 N–H and O–H groups in total. The Morgan fingerprint density at radius 2 is 1.96 bits per heavy atom. The van der Waals surface area contributed by atoms with Gasteiger partial charge in [0.15, 0.2) is 5.78 Å². The van der Waals surface area contributed by atoms with Gasteiger partial charge in [-0.25, -0.2) is 0 Å². The molecule has 0 aliphatic carbocycles. The topological polar surface area (TPSA) is 35.5 Å². The second kappa shape index (κ2) is 9.02. The number of ketones is 1. The van der Waals surface area contributed by atoms with Gasteiger partial charge in [0.05, 0.1) is 12.0 Å². The maximum atomic E-state index is 12.2. The highest BCUT2D eigenvalue weighted by atomic mass is 79.9. The SMILES string of the molecule is COc1ccc(/C=C/C(=O)c2cc(Br)cs2)cc1COc1ccccc1C. The highest BCUT2D eigenvalue weighted by Gasteiger charge is 2.08. The Morgan fingerprint density at radius 3 is 2.67 bits per heavy atom. The monoisotopic (exact) mass is 442 g/mol. The summed E-state index contributed by atoms with van der Waals surface area (Å²) in [6, 6.07) is 15.5. The minimum absolute atomic E-state index is 0.0146. The number of benzene rings is 2. The van der Waals surface area contributed by atoms with Gasteiger partial charge >= 0.3 is 0 Å². The van der Waals surface area contributed by atoms with Crippen LogP contribution in [-0.2, 0) is 6.61 Å². The first-order chi connectivity index (χ1) is 13.1. The standard InChI is InChI=1S/C22H19BrO3S/c1-15-5-3-4-6-20(15)26-13-17-11-16(8-10-21(17)25-2)7-9-19(24)22-12-18(23)14-27-22/h3-12,14H,13H2,1-2H3/b9-7+. The van der Waals surface area contributed by atoms with E-state index in [1.165, 1.54) is 11.3 Å². The second-order valence-corrected chi connectivity index (χ2v) is 7.78. The fourth-order valence-electron chi connectivity index (χ4n) is 2.59. The number of methoxy groups -OCH3 is 1. The van der Waals surface area contributed by atoms with E-state index in [1.54, 1.807) is 13.2 Å². The van der Waals surface area contributed by atoms with Crippen molar-refractivity contribution in [3.63, 3.8) is 0 Å². The Bertz CT molecular complexity index is 975. The molecule has 2 aromatic carbocycles. The fourth-order valence-corrected chi connectivity index (χ4v) is 3.93. The summed E-state index contributed by atoms with van der Waals surface area (Å²) in [6.45, 7) is 2.40. The predicted molar refractivity (Wildman–Crippen MR) is 114 cm³/mol. The summed E-state index contributed by atoms with van der Waals surface area (Å²) < 4.78 is 12.3. The summed E-state index contributed by atoms with van der Waals surface area (Å²) in [5.74, 6) is 1.59. The Hall–Kier alpha value is -2.37. The van der Waals surface area contributed by atoms with Crippen LogP contribution in [0.15, 0.2) is 64.5 Å². The van der Waals surface area contributed by atoms with Crippen LogP contribution in [0.4, 0.5) is 0 Å². The molecule has 5 heteroatoms. The summed E-state index contributed by atoms with van der Waals surface area (Å²) in [6.07, 6.45) is 3.40. The molecule has 1 aromatic heterocycles. The number of halogens is 1. The molecule has 27 heavy (non-hydrogen) atoms. The first-order valence-electron chi connectivity index (χ1n) is 8.38. The number of allylic oxidation sites excluding steroid dienone is 1. The van der Waals surface area contributed by atoms with Crippen LogP contribution in [0.25, 0.3) is 6.08 Å². The zero-order chi connectivity index (χ0) is 19.2. The van der Waals surface area contributed by atoms with Crippen LogP contribution in [0.5, 0.6) is 11.5 Å². The lowest BCUT2D eigenvalue weighted by molar-refractivity contribution is 0.105. The van der Waals surface area contributed by atoms with Crippen molar-refractivity contribution in [3.8, 4) is 11.5 Å². The minimum atomic E-state index is -0.0146. The average Bonchev–Trinajstić information content (AvgIpc) is 3.12. The van der Waals surface area contributed by atoms with E-state index >= 15 is 0 Å². The predicted octanol–water partition coefficient (Wildman–Crippen LogP) is 6.30. The number of hydrogen-bond donors (Lipinski definition) is 0. The van der Waals surface area contributed by atoms with Gasteiger partial charge in [0.25, 0.3) is 0 Å². The number of aryl methyl sites for hydroxylation is 1. The molecule has 0 saturated heterocycles. The maximum Gasteiger partial charge on any atom is 0.195 e. The average molecular weight is 443 g/mol. The van der Waals surface area contributed by atoms with Crippen molar-refractivity contribution in [2.75, 3.05) is 7.11 Å². The van der Waals surface area contributed by atoms with Crippen molar-refractivity contribution >= 4 is 39.1 Å². The number of ether oxygens (including phenoxy) is 2. The normalized spacial score (nSPS) is 10.9. The molecule has 0 unspecified atom stereocenters. The van der Waals surface area contributed by atoms with Crippen LogP contribution in [0.3, 0.4) is 0 Å². The first-order valence-corrected chi connectivity index (χ1v) is 10.1. The van der Waals surface area contributed by atoms with Crippen molar-refractivity contribution < 1.29 is 14.3 Å². The van der Waals surface area contributed by atoms with Crippen molar-refractivity contribution in [1.29, 1.82) is 0 Å². The molecule has 0 aliphatic heterocycles. The highest BCUT2D eigenvalue weighted by molar-refractivity contribution is 9.10. The van der Waals surface area contributed by atoms with E-state index < -0.39 is 0 Å². The van der Waals surface area contributed by atoms with Gasteiger partial charge in [0.2, 0.25) is 0 Å². The third-order valence-corrected chi connectivity index (χ3v) is 5.72. The first kappa shape index (κ1) is 19.4. The van der Waals surface area contributed by atoms with E-state index in [0.717, 1.165) is 32.7 Å². The van der Waals surface area contributed by atoms with Crippen molar-refractivity contribution in [3.05, 3.63) is 86.0 Å². The van der Waals surface area contributed by atoms with Gasteiger partial charge in [0.1, 0.15) is 18.1 Å². The fraction of sp³-hybridized carbons (Fsp3) is 0.136. The van der Waals surface area contributed by atoms with Crippen molar-refractivity contribution in [2.45, 2.75) is 13.5 Å². The van der Waals surface area contributed by atoms with E-state index in [1.807, 2.05) is 66.9 Å². The number of thiophene rings is 1. The number of rotatable bonds is 7. The van der Waals surface area contributed by atoms with Crippen LogP contribution >= 0.6 is 27.3 Å².